The second-order valence-corrected chi connectivity index (χ2v) is 9.03. The molecule has 7 nitrogen and oxygen atoms in total. The van der Waals surface area contributed by atoms with Crippen molar-refractivity contribution in [2.45, 2.75) is 44.8 Å². The van der Waals surface area contributed by atoms with Crippen LogP contribution in [-0.2, 0) is 20.7 Å². The van der Waals surface area contributed by atoms with E-state index in [2.05, 4.69) is 35.0 Å². The van der Waals surface area contributed by atoms with Crippen LogP contribution < -0.4 is 4.90 Å². The summed E-state index contributed by atoms with van der Waals surface area (Å²) < 4.78 is 11.6. The van der Waals surface area contributed by atoms with Gasteiger partial charge in [0.25, 0.3) is 0 Å². The maximum atomic E-state index is 13.2. The first-order valence-corrected chi connectivity index (χ1v) is 11.8. The first kappa shape index (κ1) is 21.2. The molecule has 0 unspecified atom stereocenters. The van der Waals surface area contributed by atoms with Gasteiger partial charge in [-0.2, -0.15) is 5.26 Å². The molecule has 1 spiro atoms. The fourth-order valence-electron chi connectivity index (χ4n) is 5.33. The molecule has 7 heteroatoms. The molecule has 0 saturated carbocycles. The number of fused-ring (bicyclic) bond motifs is 1. The zero-order valence-corrected chi connectivity index (χ0v) is 18.7. The van der Waals surface area contributed by atoms with Crippen LogP contribution in [0.1, 0.15) is 43.7 Å². The minimum Gasteiger partial charge on any atom is -0.370 e. The van der Waals surface area contributed by atoms with E-state index in [0.717, 1.165) is 61.8 Å². The molecule has 1 aromatic carbocycles. The maximum absolute atomic E-state index is 13.2. The predicted octanol–water partition coefficient (Wildman–Crippen LogP) is 3.25. The number of hydrogen-bond acceptors (Lipinski definition) is 6. The summed E-state index contributed by atoms with van der Waals surface area (Å²) in [5.41, 5.74) is 3.72. The lowest BCUT2D eigenvalue weighted by atomic mass is 9.92. The molecule has 3 saturated heterocycles. The van der Waals surface area contributed by atoms with Gasteiger partial charge in [0.05, 0.1) is 30.0 Å². The van der Waals surface area contributed by atoms with E-state index in [0.29, 0.717) is 31.9 Å². The monoisotopic (exact) mass is 434 g/mol. The number of piperidine rings is 2. The van der Waals surface area contributed by atoms with Crippen molar-refractivity contribution < 1.29 is 14.3 Å². The number of pyridine rings is 1. The molecule has 0 aliphatic carbocycles. The van der Waals surface area contributed by atoms with Gasteiger partial charge in [-0.15, -0.1) is 0 Å². The Morgan fingerprint density at radius 2 is 1.91 bits per heavy atom. The molecule has 32 heavy (non-hydrogen) atoms. The number of ether oxygens (including phenoxy) is 2. The first-order chi connectivity index (χ1) is 15.6. The molecule has 3 aliphatic heterocycles. The van der Waals surface area contributed by atoms with E-state index in [1.807, 2.05) is 11.0 Å². The quantitative estimate of drug-likeness (QED) is 0.738. The van der Waals surface area contributed by atoms with Gasteiger partial charge in [-0.05, 0) is 37.0 Å². The molecule has 3 aliphatic rings. The lowest BCUT2D eigenvalue weighted by Crippen LogP contribution is -2.50. The van der Waals surface area contributed by atoms with Gasteiger partial charge in [0.2, 0.25) is 5.91 Å². The third-order valence-electron chi connectivity index (χ3n) is 7.24. The Bertz CT molecular complexity index is 1040. The standard InChI is InChI=1S/C25H30N4O3/c1-2-18-3-4-22-21(15-18)23(20(16-26)17-27-22)28-9-5-19(6-10-28)24(30)29-11-7-25(8-12-29)31-13-14-32-25/h3-4,15,17,19H,2,5-14H2,1H3. The Kier molecular flexibility index (Phi) is 5.75. The van der Waals surface area contributed by atoms with Crippen LogP contribution >= 0.6 is 0 Å². The number of nitriles is 1. The molecule has 4 heterocycles. The summed E-state index contributed by atoms with van der Waals surface area (Å²) >= 11 is 0. The second kappa shape index (κ2) is 8.68. The fraction of sp³-hybridized carbons (Fsp3) is 0.560. The summed E-state index contributed by atoms with van der Waals surface area (Å²) in [6.07, 6.45) is 5.73. The average Bonchev–Trinajstić information content (AvgIpc) is 3.30. The summed E-state index contributed by atoms with van der Waals surface area (Å²) in [5.74, 6) is -0.158. The number of benzene rings is 1. The maximum Gasteiger partial charge on any atom is 0.225 e. The van der Waals surface area contributed by atoms with Crippen molar-refractivity contribution in [2.24, 2.45) is 5.92 Å². The lowest BCUT2D eigenvalue weighted by molar-refractivity contribution is -0.188. The van der Waals surface area contributed by atoms with Gasteiger partial charge in [0, 0.05) is 56.5 Å². The van der Waals surface area contributed by atoms with Crippen molar-refractivity contribution in [3.05, 3.63) is 35.5 Å². The topological polar surface area (TPSA) is 78.7 Å². The van der Waals surface area contributed by atoms with Gasteiger partial charge in [-0.25, -0.2) is 0 Å². The van der Waals surface area contributed by atoms with E-state index in [1.54, 1.807) is 6.20 Å². The summed E-state index contributed by atoms with van der Waals surface area (Å²) in [5, 5.41) is 10.8. The fourth-order valence-corrected chi connectivity index (χ4v) is 5.33. The molecule has 0 radical (unpaired) electrons. The Labute approximate surface area is 188 Å². The highest BCUT2D eigenvalue weighted by molar-refractivity contribution is 5.95. The SMILES string of the molecule is CCc1ccc2ncc(C#N)c(N3CCC(C(=O)N4CCC5(CC4)OCCO5)CC3)c2c1. The van der Waals surface area contributed by atoms with Gasteiger partial charge in [0.1, 0.15) is 6.07 Å². The lowest BCUT2D eigenvalue weighted by Gasteiger charge is -2.40. The Morgan fingerprint density at radius 3 is 2.56 bits per heavy atom. The number of hydrogen-bond donors (Lipinski definition) is 0. The van der Waals surface area contributed by atoms with Crippen molar-refractivity contribution >= 4 is 22.5 Å². The minimum absolute atomic E-state index is 0.0376. The van der Waals surface area contributed by atoms with Crippen LogP contribution in [0.25, 0.3) is 10.9 Å². The third kappa shape index (κ3) is 3.82. The van der Waals surface area contributed by atoms with E-state index in [9.17, 15) is 10.1 Å². The van der Waals surface area contributed by atoms with Gasteiger partial charge in [-0.1, -0.05) is 13.0 Å². The Balaban J connectivity index is 1.28. The normalized spacial score (nSPS) is 21.2. The Morgan fingerprint density at radius 1 is 1.19 bits per heavy atom. The molecule has 5 rings (SSSR count). The highest BCUT2D eigenvalue weighted by Crippen LogP contribution is 2.35. The van der Waals surface area contributed by atoms with Crippen molar-refractivity contribution in [3.63, 3.8) is 0 Å². The molecule has 1 amide bonds. The summed E-state index contributed by atoms with van der Waals surface area (Å²) in [7, 11) is 0. The molecule has 0 atom stereocenters. The van der Waals surface area contributed by atoms with Crippen molar-refractivity contribution in [1.82, 2.24) is 9.88 Å². The zero-order chi connectivity index (χ0) is 22.1. The summed E-state index contributed by atoms with van der Waals surface area (Å²) in [6, 6.07) is 8.62. The molecular formula is C25H30N4O3. The predicted molar refractivity (Wildman–Crippen MR) is 121 cm³/mol. The molecular weight excluding hydrogens is 404 g/mol. The van der Waals surface area contributed by atoms with E-state index >= 15 is 0 Å². The summed E-state index contributed by atoms with van der Waals surface area (Å²) in [4.78, 5) is 21.9. The van der Waals surface area contributed by atoms with Gasteiger partial charge < -0.3 is 19.3 Å². The average molecular weight is 435 g/mol. The smallest absolute Gasteiger partial charge is 0.225 e. The zero-order valence-electron chi connectivity index (χ0n) is 18.7. The molecule has 0 bridgehead atoms. The first-order valence-electron chi connectivity index (χ1n) is 11.8. The third-order valence-corrected chi connectivity index (χ3v) is 7.24. The highest BCUT2D eigenvalue weighted by atomic mass is 16.7. The van der Waals surface area contributed by atoms with Crippen LogP contribution in [0.5, 0.6) is 0 Å². The van der Waals surface area contributed by atoms with E-state index in [1.165, 1.54) is 5.56 Å². The molecule has 2 aromatic rings. The van der Waals surface area contributed by atoms with Crippen molar-refractivity contribution in [2.75, 3.05) is 44.3 Å². The second-order valence-electron chi connectivity index (χ2n) is 9.03. The van der Waals surface area contributed by atoms with Crippen LogP contribution in [0, 0.1) is 17.2 Å². The number of carbonyl (C=O) groups is 1. The number of aryl methyl sites for hydroxylation is 1. The summed E-state index contributed by atoms with van der Waals surface area (Å²) in [6.45, 7) is 6.38. The van der Waals surface area contributed by atoms with E-state index < -0.39 is 5.79 Å². The van der Waals surface area contributed by atoms with E-state index in [-0.39, 0.29) is 11.8 Å². The van der Waals surface area contributed by atoms with Crippen LogP contribution in [0.2, 0.25) is 0 Å². The van der Waals surface area contributed by atoms with Crippen LogP contribution in [0.3, 0.4) is 0 Å². The molecule has 1 aromatic heterocycles. The molecule has 3 fully saturated rings. The van der Waals surface area contributed by atoms with Gasteiger partial charge >= 0.3 is 0 Å². The molecule has 168 valence electrons. The largest absolute Gasteiger partial charge is 0.370 e. The van der Waals surface area contributed by atoms with Gasteiger partial charge in [0.15, 0.2) is 5.79 Å². The van der Waals surface area contributed by atoms with Gasteiger partial charge in [-0.3, -0.25) is 9.78 Å². The van der Waals surface area contributed by atoms with Crippen molar-refractivity contribution in [1.29, 1.82) is 5.26 Å². The molecule has 0 N–H and O–H groups in total. The Hall–Kier alpha value is -2.69. The van der Waals surface area contributed by atoms with Crippen LogP contribution in [-0.4, -0.2) is 61.0 Å². The number of aromatic nitrogens is 1. The number of anilines is 1. The number of rotatable bonds is 3. The van der Waals surface area contributed by atoms with E-state index in [4.69, 9.17) is 9.47 Å². The van der Waals surface area contributed by atoms with Crippen LogP contribution in [0.4, 0.5) is 5.69 Å². The highest BCUT2D eigenvalue weighted by Gasteiger charge is 2.42. The van der Waals surface area contributed by atoms with Crippen molar-refractivity contribution in [3.8, 4) is 6.07 Å². The number of likely N-dealkylation sites (tertiary alicyclic amines) is 1. The minimum atomic E-state index is -0.451. The van der Waals surface area contributed by atoms with Crippen LogP contribution in [0.15, 0.2) is 24.4 Å². The number of amides is 1. The number of carbonyl (C=O) groups excluding carboxylic acids is 1. The number of nitrogens with zero attached hydrogens (tertiary/aromatic N) is 4.